The Morgan fingerprint density at radius 2 is 1.62 bits per heavy atom. The van der Waals surface area contributed by atoms with Crippen LogP contribution in [0.3, 0.4) is 0 Å². The van der Waals surface area contributed by atoms with Gasteiger partial charge in [0.2, 0.25) is 0 Å². The summed E-state index contributed by atoms with van der Waals surface area (Å²) >= 11 is 5.76. The topological polar surface area (TPSA) is 46.2 Å². The highest BCUT2D eigenvalue weighted by molar-refractivity contribution is 7.91. The third-order valence-electron chi connectivity index (χ3n) is 3.69. The quantitative estimate of drug-likeness (QED) is 0.807. The Bertz CT molecular complexity index is 823. The number of sulfone groups is 1. The van der Waals surface area contributed by atoms with Gasteiger partial charge in [0.25, 0.3) is 0 Å². The third kappa shape index (κ3) is 3.39. The van der Waals surface area contributed by atoms with Crippen LogP contribution in [0, 0.1) is 11.6 Å². The second-order valence-corrected chi connectivity index (χ2v) is 7.59. The Morgan fingerprint density at radius 1 is 1.04 bits per heavy atom. The zero-order valence-corrected chi connectivity index (χ0v) is 14.9. The van der Waals surface area contributed by atoms with Crippen LogP contribution in [0.1, 0.15) is 31.1 Å². The molecular weight excluding hydrogens is 356 g/mol. The summed E-state index contributed by atoms with van der Waals surface area (Å²) in [7, 11) is -3.84. The minimum absolute atomic E-state index is 0.0402. The number of hydrogen-bond acceptors (Lipinski definition) is 3. The van der Waals surface area contributed by atoms with Crippen molar-refractivity contribution in [1.82, 2.24) is 0 Å². The van der Waals surface area contributed by atoms with Crippen LogP contribution in [0.4, 0.5) is 14.5 Å². The fraction of sp³-hybridized carbons (Fsp3) is 0.294. The normalized spacial score (nSPS) is 16.5. The molecule has 24 heavy (non-hydrogen) atoms. The standard InChI is InChI=1S/C15H12ClF2NO2S.C2H6/c16-9-1-3-10(4-2-9)22(20,21)13-7-8-19-15-12(18)6-5-11(17)14(13)15;1-2/h1-6,13,19H,7-8H2;1-2H3. The molecule has 0 fully saturated rings. The lowest BCUT2D eigenvalue weighted by molar-refractivity contribution is 0.548. The van der Waals surface area contributed by atoms with Gasteiger partial charge in [0, 0.05) is 17.1 Å². The Labute approximate surface area is 145 Å². The van der Waals surface area contributed by atoms with Gasteiger partial charge < -0.3 is 5.32 Å². The van der Waals surface area contributed by atoms with Gasteiger partial charge in [-0.2, -0.15) is 0 Å². The maximum absolute atomic E-state index is 14.1. The second kappa shape index (κ2) is 7.49. The molecule has 1 unspecified atom stereocenters. The molecule has 130 valence electrons. The minimum atomic E-state index is -3.84. The van der Waals surface area contributed by atoms with E-state index in [0.29, 0.717) is 5.02 Å². The maximum Gasteiger partial charge on any atom is 0.185 e. The molecule has 1 N–H and O–H groups in total. The van der Waals surface area contributed by atoms with E-state index in [2.05, 4.69) is 5.32 Å². The van der Waals surface area contributed by atoms with Gasteiger partial charge in [-0.25, -0.2) is 17.2 Å². The lowest BCUT2D eigenvalue weighted by atomic mass is 10.0. The molecule has 0 amide bonds. The minimum Gasteiger partial charge on any atom is -0.382 e. The van der Waals surface area contributed by atoms with Gasteiger partial charge in [0.05, 0.1) is 15.8 Å². The predicted octanol–water partition coefficient (Wildman–Crippen LogP) is 4.98. The first-order valence-electron chi connectivity index (χ1n) is 7.62. The zero-order chi connectivity index (χ0) is 17.9. The van der Waals surface area contributed by atoms with E-state index in [9.17, 15) is 17.2 Å². The Balaban J connectivity index is 0.00000100. The van der Waals surface area contributed by atoms with Crippen molar-refractivity contribution in [2.75, 3.05) is 11.9 Å². The molecule has 1 heterocycles. The van der Waals surface area contributed by atoms with Crippen molar-refractivity contribution >= 4 is 27.1 Å². The van der Waals surface area contributed by atoms with Crippen LogP contribution in [0.25, 0.3) is 0 Å². The highest BCUT2D eigenvalue weighted by atomic mass is 35.5. The van der Waals surface area contributed by atoms with Gasteiger partial charge in [0.15, 0.2) is 9.84 Å². The number of halogens is 3. The molecule has 1 atom stereocenters. The highest BCUT2D eigenvalue weighted by Gasteiger charge is 2.36. The molecule has 3 nitrogen and oxygen atoms in total. The summed E-state index contributed by atoms with van der Waals surface area (Å²) in [5.41, 5.74) is -0.213. The van der Waals surface area contributed by atoms with Crippen molar-refractivity contribution in [1.29, 1.82) is 0 Å². The summed E-state index contributed by atoms with van der Waals surface area (Å²) in [5.74, 6) is -1.39. The van der Waals surface area contributed by atoms with E-state index in [1.165, 1.54) is 24.3 Å². The average molecular weight is 374 g/mol. The summed E-state index contributed by atoms with van der Waals surface area (Å²) < 4.78 is 53.5. The van der Waals surface area contributed by atoms with E-state index in [4.69, 9.17) is 11.6 Å². The molecule has 0 spiro atoms. The first-order valence-corrected chi connectivity index (χ1v) is 9.55. The van der Waals surface area contributed by atoms with E-state index >= 15 is 0 Å². The second-order valence-electron chi connectivity index (χ2n) is 5.02. The van der Waals surface area contributed by atoms with Crippen LogP contribution in [-0.2, 0) is 9.84 Å². The van der Waals surface area contributed by atoms with Crippen LogP contribution in [0.15, 0.2) is 41.3 Å². The first-order chi connectivity index (χ1) is 11.4. The lowest BCUT2D eigenvalue weighted by Gasteiger charge is -2.27. The van der Waals surface area contributed by atoms with Crippen molar-refractivity contribution in [3.05, 3.63) is 58.6 Å². The monoisotopic (exact) mass is 373 g/mol. The molecule has 0 bridgehead atoms. The van der Waals surface area contributed by atoms with Crippen LogP contribution < -0.4 is 5.32 Å². The van der Waals surface area contributed by atoms with Crippen LogP contribution in [0.5, 0.6) is 0 Å². The smallest absolute Gasteiger partial charge is 0.185 e. The summed E-state index contributed by atoms with van der Waals surface area (Å²) in [5, 5.41) is 2.01. The Morgan fingerprint density at radius 3 is 2.25 bits per heavy atom. The van der Waals surface area contributed by atoms with Gasteiger partial charge >= 0.3 is 0 Å². The fourth-order valence-corrected chi connectivity index (χ4v) is 4.57. The van der Waals surface area contributed by atoms with E-state index < -0.39 is 26.7 Å². The molecule has 0 saturated heterocycles. The predicted molar refractivity (Wildman–Crippen MR) is 92.2 cm³/mol. The molecular formula is C17H18ClF2NO2S. The van der Waals surface area contributed by atoms with Crippen LogP contribution in [0.2, 0.25) is 5.02 Å². The van der Waals surface area contributed by atoms with Crippen molar-refractivity contribution in [3.8, 4) is 0 Å². The van der Waals surface area contributed by atoms with E-state index in [-0.39, 0.29) is 29.1 Å². The lowest BCUT2D eigenvalue weighted by Crippen LogP contribution is -2.25. The van der Waals surface area contributed by atoms with Gasteiger partial charge in [-0.05, 0) is 42.8 Å². The third-order valence-corrected chi connectivity index (χ3v) is 6.09. The number of rotatable bonds is 2. The molecule has 0 aliphatic carbocycles. The maximum atomic E-state index is 14.1. The molecule has 0 radical (unpaired) electrons. The van der Waals surface area contributed by atoms with Gasteiger partial charge in [-0.1, -0.05) is 25.4 Å². The van der Waals surface area contributed by atoms with Crippen LogP contribution >= 0.6 is 11.6 Å². The number of fused-ring (bicyclic) bond motifs is 1. The first kappa shape index (κ1) is 18.7. The number of anilines is 1. The fourth-order valence-electron chi connectivity index (χ4n) is 2.63. The number of nitrogens with one attached hydrogen (secondary N) is 1. The van der Waals surface area contributed by atoms with Crippen LogP contribution in [-0.4, -0.2) is 15.0 Å². The molecule has 0 aromatic heterocycles. The Hall–Kier alpha value is -1.66. The molecule has 1 aliphatic heterocycles. The number of benzene rings is 2. The largest absolute Gasteiger partial charge is 0.382 e. The molecule has 7 heteroatoms. The number of hydrogen-bond donors (Lipinski definition) is 1. The molecule has 1 aliphatic rings. The van der Waals surface area contributed by atoms with E-state index in [1.54, 1.807) is 0 Å². The molecule has 2 aromatic carbocycles. The summed E-state index contributed by atoms with van der Waals surface area (Å²) in [6.07, 6.45) is 0.165. The van der Waals surface area contributed by atoms with Crippen molar-refractivity contribution in [2.45, 2.75) is 30.4 Å². The van der Waals surface area contributed by atoms with Gasteiger partial charge in [-0.3, -0.25) is 0 Å². The zero-order valence-electron chi connectivity index (χ0n) is 13.3. The van der Waals surface area contributed by atoms with Crippen molar-refractivity contribution in [2.24, 2.45) is 0 Å². The van der Waals surface area contributed by atoms with E-state index in [1.807, 2.05) is 13.8 Å². The average Bonchev–Trinajstić information content (AvgIpc) is 2.60. The summed E-state index contributed by atoms with van der Waals surface area (Å²) in [4.78, 5) is 0.0402. The van der Waals surface area contributed by atoms with Gasteiger partial charge in [0.1, 0.15) is 11.6 Å². The molecule has 0 saturated carbocycles. The summed E-state index contributed by atoms with van der Waals surface area (Å²) in [6, 6.07) is 7.59. The highest BCUT2D eigenvalue weighted by Crippen LogP contribution is 2.41. The van der Waals surface area contributed by atoms with Crippen molar-refractivity contribution in [3.63, 3.8) is 0 Å². The SMILES string of the molecule is CC.O=S(=O)(c1ccc(Cl)cc1)C1CCNc2c(F)ccc(F)c21. The molecule has 3 rings (SSSR count). The molecule has 2 aromatic rings. The van der Waals surface area contributed by atoms with Crippen molar-refractivity contribution < 1.29 is 17.2 Å². The summed E-state index contributed by atoms with van der Waals surface area (Å²) in [6.45, 7) is 4.25. The van der Waals surface area contributed by atoms with Gasteiger partial charge in [-0.15, -0.1) is 0 Å². The Kier molecular flexibility index (Phi) is 5.83. The van der Waals surface area contributed by atoms with E-state index in [0.717, 1.165) is 12.1 Å².